The van der Waals surface area contributed by atoms with E-state index in [-0.39, 0.29) is 24.6 Å². The number of aromatic amines is 1. The molecule has 1 aromatic carbocycles. The molecule has 0 unspecified atom stereocenters. The van der Waals surface area contributed by atoms with E-state index < -0.39 is 16.0 Å². The Morgan fingerprint density at radius 3 is 2.42 bits per heavy atom. The number of furan rings is 1. The third-order valence-electron chi connectivity index (χ3n) is 5.02. The SMILES string of the molecule is CCOC(=O)c1[nH]c(C)c(CN(Cc2ccco2)S(=O)(=O)c2ccc(OC)cc2)c1C. The number of carbonyl (C=O) groups excluding carboxylic acids is 1. The summed E-state index contributed by atoms with van der Waals surface area (Å²) in [5, 5.41) is 0. The van der Waals surface area contributed by atoms with Crippen LogP contribution in [0.4, 0.5) is 0 Å². The van der Waals surface area contributed by atoms with Gasteiger partial charge in [0.1, 0.15) is 17.2 Å². The van der Waals surface area contributed by atoms with Gasteiger partial charge in [0.25, 0.3) is 0 Å². The van der Waals surface area contributed by atoms with E-state index in [1.807, 2.05) is 0 Å². The third kappa shape index (κ3) is 4.83. The zero-order valence-electron chi connectivity index (χ0n) is 18.0. The fraction of sp³-hybridized carbons (Fsp3) is 0.318. The summed E-state index contributed by atoms with van der Waals surface area (Å²) in [6.07, 6.45) is 1.50. The number of H-pyrrole nitrogens is 1. The predicted octanol–water partition coefficient (Wildman–Crippen LogP) is 3.80. The molecule has 166 valence electrons. The number of aromatic nitrogens is 1. The molecular formula is C22H26N2O6S. The average Bonchev–Trinajstić information content (AvgIpc) is 3.36. The molecule has 31 heavy (non-hydrogen) atoms. The monoisotopic (exact) mass is 446 g/mol. The minimum atomic E-state index is -3.87. The van der Waals surface area contributed by atoms with Crippen molar-refractivity contribution in [2.45, 2.75) is 38.8 Å². The fourth-order valence-corrected chi connectivity index (χ4v) is 4.68. The number of methoxy groups -OCH3 is 1. The Bertz CT molecular complexity index is 1130. The highest BCUT2D eigenvalue weighted by molar-refractivity contribution is 7.89. The van der Waals surface area contributed by atoms with Crippen molar-refractivity contribution in [2.75, 3.05) is 13.7 Å². The lowest BCUT2D eigenvalue weighted by Gasteiger charge is -2.22. The first-order chi connectivity index (χ1) is 14.8. The first-order valence-electron chi connectivity index (χ1n) is 9.79. The summed E-state index contributed by atoms with van der Waals surface area (Å²) in [6, 6.07) is 9.64. The zero-order chi connectivity index (χ0) is 22.6. The molecule has 0 amide bonds. The van der Waals surface area contributed by atoms with Crippen molar-refractivity contribution in [3.8, 4) is 5.75 Å². The quantitative estimate of drug-likeness (QED) is 0.502. The maximum atomic E-state index is 13.5. The summed E-state index contributed by atoms with van der Waals surface area (Å²) in [6.45, 7) is 5.66. The Morgan fingerprint density at radius 2 is 1.84 bits per heavy atom. The summed E-state index contributed by atoms with van der Waals surface area (Å²) in [7, 11) is -2.35. The van der Waals surface area contributed by atoms with E-state index in [9.17, 15) is 13.2 Å². The van der Waals surface area contributed by atoms with Gasteiger partial charge in [0.2, 0.25) is 10.0 Å². The minimum Gasteiger partial charge on any atom is -0.497 e. The van der Waals surface area contributed by atoms with Crippen molar-refractivity contribution >= 4 is 16.0 Å². The molecule has 0 radical (unpaired) electrons. The predicted molar refractivity (Wildman–Crippen MR) is 114 cm³/mol. The first-order valence-corrected chi connectivity index (χ1v) is 11.2. The van der Waals surface area contributed by atoms with Gasteiger partial charge in [0.15, 0.2) is 0 Å². The summed E-state index contributed by atoms with van der Waals surface area (Å²) in [5.41, 5.74) is 2.40. The molecule has 0 atom stereocenters. The van der Waals surface area contributed by atoms with Crippen molar-refractivity contribution in [3.05, 3.63) is 70.9 Å². The molecule has 9 heteroatoms. The maximum Gasteiger partial charge on any atom is 0.355 e. The van der Waals surface area contributed by atoms with Crippen LogP contribution in [0.3, 0.4) is 0 Å². The van der Waals surface area contributed by atoms with Crippen LogP contribution in [0.5, 0.6) is 5.75 Å². The summed E-state index contributed by atoms with van der Waals surface area (Å²) in [5.74, 6) is 0.603. The van der Waals surface area contributed by atoms with Crippen LogP contribution in [0, 0.1) is 13.8 Å². The number of ether oxygens (including phenoxy) is 2. The highest BCUT2D eigenvalue weighted by atomic mass is 32.2. The van der Waals surface area contributed by atoms with Crippen molar-refractivity contribution in [2.24, 2.45) is 0 Å². The fourth-order valence-electron chi connectivity index (χ4n) is 3.31. The molecule has 0 spiro atoms. The summed E-state index contributed by atoms with van der Waals surface area (Å²) >= 11 is 0. The molecule has 0 aliphatic rings. The number of sulfonamides is 1. The molecule has 3 aromatic rings. The van der Waals surface area contributed by atoms with Gasteiger partial charge >= 0.3 is 5.97 Å². The Balaban J connectivity index is 1.99. The second-order valence-corrected chi connectivity index (χ2v) is 8.91. The van der Waals surface area contributed by atoms with Crippen LogP contribution in [0.1, 0.15) is 40.0 Å². The smallest absolute Gasteiger partial charge is 0.355 e. The number of carbonyl (C=O) groups is 1. The number of aryl methyl sites for hydroxylation is 1. The zero-order valence-corrected chi connectivity index (χ0v) is 18.8. The standard InChI is InChI=1S/C22H26N2O6S/c1-5-29-22(25)21-15(2)20(16(3)23-21)14-24(13-18-7-6-12-30-18)31(26,27)19-10-8-17(28-4)9-11-19/h6-12,23H,5,13-14H2,1-4H3. The van der Waals surface area contributed by atoms with Crippen molar-refractivity contribution in [1.82, 2.24) is 9.29 Å². The van der Waals surface area contributed by atoms with Crippen molar-refractivity contribution < 1.29 is 27.1 Å². The summed E-state index contributed by atoms with van der Waals surface area (Å²) in [4.78, 5) is 15.4. The number of nitrogens with zero attached hydrogens (tertiary/aromatic N) is 1. The molecule has 2 aromatic heterocycles. The Labute approximate surface area is 181 Å². The van der Waals surface area contributed by atoms with Crippen LogP contribution in [0.2, 0.25) is 0 Å². The van der Waals surface area contributed by atoms with Gasteiger partial charge in [-0.25, -0.2) is 13.2 Å². The van der Waals surface area contributed by atoms with Gasteiger partial charge in [-0.2, -0.15) is 4.31 Å². The van der Waals surface area contributed by atoms with E-state index in [4.69, 9.17) is 13.9 Å². The Morgan fingerprint density at radius 1 is 1.13 bits per heavy atom. The Hall–Kier alpha value is -3.04. The van der Waals surface area contributed by atoms with Gasteiger partial charge in [0, 0.05) is 12.2 Å². The molecule has 0 aliphatic carbocycles. The van der Waals surface area contributed by atoms with Crippen LogP contribution >= 0.6 is 0 Å². The molecule has 0 bridgehead atoms. The van der Waals surface area contributed by atoms with Gasteiger partial charge in [-0.05, 0) is 68.3 Å². The molecule has 0 aliphatic heterocycles. The number of benzene rings is 1. The van der Waals surface area contributed by atoms with E-state index in [1.165, 1.54) is 29.8 Å². The van der Waals surface area contributed by atoms with Gasteiger partial charge < -0.3 is 18.9 Å². The van der Waals surface area contributed by atoms with Crippen molar-refractivity contribution in [3.63, 3.8) is 0 Å². The average molecular weight is 447 g/mol. The molecule has 1 N–H and O–H groups in total. The van der Waals surface area contributed by atoms with Gasteiger partial charge in [0.05, 0.1) is 31.4 Å². The lowest BCUT2D eigenvalue weighted by Crippen LogP contribution is -2.30. The van der Waals surface area contributed by atoms with E-state index in [0.29, 0.717) is 34.0 Å². The van der Waals surface area contributed by atoms with E-state index in [0.717, 1.165) is 0 Å². The van der Waals surface area contributed by atoms with Crippen LogP contribution in [0.15, 0.2) is 52.0 Å². The second-order valence-electron chi connectivity index (χ2n) is 6.98. The molecule has 0 saturated heterocycles. The largest absolute Gasteiger partial charge is 0.497 e. The van der Waals surface area contributed by atoms with Gasteiger partial charge in [-0.1, -0.05) is 0 Å². The van der Waals surface area contributed by atoms with E-state index in [2.05, 4.69) is 4.98 Å². The minimum absolute atomic E-state index is 0.0418. The van der Waals surface area contributed by atoms with Crippen molar-refractivity contribution in [1.29, 1.82) is 0 Å². The van der Waals surface area contributed by atoms with Crippen LogP contribution < -0.4 is 4.74 Å². The number of hydrogen-bond acceptors (Lipinski definition) is 6. The topological polar surface area (TPSA) is 102 Å². The number of nitrogens with one attached hydrogen (secondary N) is 1. The number of rotatable bonds is 9. The van der Waals surface area contributed by atoms with Crippen LogP contribution in [-0.4, -0.2) is 37.4 Å². The molecule has 0 fully saturated rings. The molecule has 3 rings (SSSR count). The second kappa shape index (κ2) is 9.40. The highest BCUT2D eigenvalue weighted by Gasteiger charge is 2.29. The van der Waals surface area contributed by atoms with Crippen LogP contribution in [0.25, 0.3) is 0 Å². The lowest BCUT2D eigenvalue weighted by atomic mass is 10.1. The molecule has 0 saturated carbocycles. The lowest BCUT2D eigenvalue weighted by molar-refractivity contribution is 0.0519. The van der Waals surface area contributed by atoms with E-state index in [1.54, 1.807) is 45.0 Å². The first kappa shape index (κ1) is 22.6. The highest BCUT2D eigenvalue weighted by Crippen LogP contribution is 2.27. The van der Waals surface area contributed by atoms with E-state index >= 15 is 0 Å². The molecule has 2 heterocycles. The maximum absolute atomic E-state index is 13.5. The summed E-state index contributed by atoms with van der Waals surface area (Å²) < 4.78 is 43.9. The normalized spacial score (nSPS) is 11.6. The van der Waals surface area contributed by atoms with Gasteiger partial charge in [-0.15, -0.1) is 0 Å². The third-order valence-corrected chi connectivity index (χ3v) is 6.82. The Kier molecular flexibility index (Phi) is 6.87. The van der Waals surface area contributed by atoms with Gasteiger partial charge in [-0.3, -0.25) is 0 Å². The molecular weight excluding hydrogens is 420 g/mol. The van der Waals surface area contributed by atoms with Crippen LogP contribution in [-0.2, 0) is 27.8 Å². The number of hydrogen-bond donors (Lipinski definition) is 1. The molecule has 8 nitrogen and oxygen atoms in total. The number of esters is 1.